The maximum Gasteiger partial charge on any atom is 0.338 e. The van der Waals surface area contributed by atoms with E-state index < -0.39 is 5.97 Å². The molecule has 0 spiro atoms. The number of ether oxygens (including phenoxy) is 1. The number of rotatable bonds is 3. The van der Waals surface area contributed by atoms with Crippen LogP contribution >= 0.6 is 0 Å². The first kappa shape index (κ1) is 12.8. The minimum atomic E-state index is -0.465. The molecule has 1 aliphatic rings. The second kappa shape index (κ2) is 5.77. The molecule has 96 valence electrons. The summed E-state index contributed by atoms with van der Waals surface area (Å²) in [6.07, 6.45) is 9.82. The largest absolute Gasteiger partial charge is 0.465 e. The molecule has 1 aromatic heterocycles. The smallest absolute Gasteiger partial charge is 0.338 e. The fraction of sp³-hybridized carbons (Fsp3) is 0.0714. The van der Waals surface area contributed by atoms with Gasteiger partial charge < -0.3 is 15.5 Å². The zero-order chi connectivity index (χ0) is 13.7. The average molecular weight is 255 g/mol. The van der Waals surface area contributed by atoms with Gasteiger partial charge in [0, 0.05) is 18.0 Å². The summed E-state index contributed by atoms with van der Waals surface area (Å²) in [6.45, 7) is 0. The number of carbonyl (C=O) groups excluding carboxylic acids is 1. The molecule has 19 heavy (non-hydrogen) atoms. The Morgan fingerprint density at radius 1 is 1.53 bits per heavy atom. The van der Waals surface area contributed by atoms with Crippen LogP contribution in [-0.2, 0) is 9.53 Å². The van der Waals surface area contributed by atoms with Gasteiger partial charge in [-0.3, -0.25) is 4.98 Å². The lowest BCUT2D eigenvalue weighted by molar-refractivity contribution is -0.135. The molecule has 0 unspecified atom stereocenters. The Morgan fingerprint density at radius 3 is 3.05 bits per heavy atom. The van der Waals surface area contributed by atoms with Crippen LogP contribution in [0.3, 0.4) is 0 Å². The lowest BCUT2D eigenvalue weighted by atomic mass is 9.97. The molecule has 1 aromatic rings. The molecule has 1 aliphatic carbocycles. The maximum atomic E-state index is 11.6. The summed E-state index contributed by atoms with van der Waals surface area (Å²) < 4.78 is 4.70. The number of nitrogens with zero attached hydrogens (tertiary/aromatic N) is 1. The fourth-order valence-corrected chi connectivity index (χ4v) is 1.61. The van der Waals surface area contributed by atoms with Crippen molar-refractivity contribution in [3.8, 4) is 0 Å². The first-order chi connectivity index (χ1) is 9.22. The fourth-order valence-electron chi connectivity index (χ4n) is 1.61. The Hall–Kier alpha value is -2.69. The average Bonchev–Trinajstić information content (AvgIpc) is 2.46. The van der Waals surface area contributed by atoms with Gasteiger partial charge in [-0.05, 0) is 24.3 Å². The Kier molecular flexibility index (Phi) is 3.87. The topological polar surface area (TPSA) is 75.1 Å². The lowest BCUT2D eigenvalue weighted by Crippen LogP contribution is -2.15. The van der Waals surface area contributed by atoms with E-state index in [9.17, 15) is 4.79 Å². The number of esters is 1. The highest BCUT2D eigenvalue weighted by molar-refractivity contribution is 6.17. The molecule has 1 heterocycles. The second-order valence-corrected chi connectivity index (χ2v) is 3.79. The van der Waals surface area contributed by atoms with Crippen LogP contribution in [0.1, 0.15) is 0 Å². The zero-order valence-corrected chi connectivity index (χ0v) is 10.4. The highest BCUT2D eigenvalue weighted by atomic mass is 16.5. The zero-order valence-electron chi connectivity index (χ0n) is 10.4. The van der Waals surface area contributed by atoms with Crippen LogP contribution in [0, 0.1) is 5.41 Å². The van der Waals surface area contributed by atoms with Crippen LogP contribution in [0.4, 0.5) is 5.69 Å². The van der Waals surface area contributed by atoms with Gasteiger partial charge in [0.2, 0.25) is 0 Å². The number of allylic oxidation sites excluding steroid dienone is 3. The summed E-state index contributed by atoms with van der Waals surface area (Å²) >= 11 is 0. The van der Waals surface area contributed by atoms with Gasteiger partial charge in [-0.2, -0.15) is 0 Å². The molecule has 2 N–H and O–H groups in total. The van der Waals surface area contributed by atoms with E-state index in [1.807, 2.05) is 6.07 Å². The normalized spacial score (nSPS) is 16.2. The van der Waals surface area contributed by atoms with E-state index in [1.165, 1.54) is 7.11 Å². The van der Waals surface area contributed by atoms with E-state index in [4.69, 9.17) is 10.1 Å². The second-order valence-electron chi connectivity index (χ2n) is 3.79. The molecule has 2 rings (SSSR count). The summed E-state index contributed by atoms with van der Waals surface area (Å²) in [5, 5.41) is 10.9. The Balaban J connectivity index is 2.25. The van der Waals surface area contributed by atoms with Crippen LogP contribution in [0.5, 0.6) is 0 Å². The maximum absolute atomic E-state index is 11.6. The van der Waals surface area contributed by atoms with E-state index in [0.717, 1.165) is 5.69 Å². The molecular formula is C14H13N3O2. The van der Waals surface area contributed by atoms with Crippen molar-refractivity contribution in [1.82, 2.24) is 4.98 Å². The minimum absolute atomic E-state index is 0.249. The van der Waals surface area contributed by atoms with Crippen LogP contribution in [-0.4, -0.2) is 23.8 Å². The number of carbonyl (C=O) groups is 1. The van der Waals surface area contributed by atoms with Crippen molar-refractivity contribution in [2.75, 3.05) is 12.4 Å². The summed E-state index contributed by atoms with van der Waals surface area (Å²) in [5.74, 6) is -0.465. The van der Waals surface area contributed by atoms with Crippen molar-refractivity contribution >= 4 is 17.4 Å². The number of methoxy groups -OCH3 is 1. The van der Waals surface area contributed by atoms with Crippen molar-refractivity contribution in [2.45, 2.75) is 0 Å². The monoisotopic (exact) mass is 255 g/mol. The van der Waals surface area contributed by atoms with Gasteiger partial charge in [0.15, 0.2) is 0 Å². The summed E-state index contributed by atoms with van der Waals surface area (Å²) in [5.41, 5.74) is 1.87. The van der Waals surface area contributed by atoms with Gasteiger partial charge in [-0.1, -0.05) is 6.08 Å². The molecular weight excluding hydrogens is 242 g/mol. The van der Waals surface area contributed by atoms with Crippen LogP contribution in [0.25, 0.3) is 0 Å². The molecule has 0 fully saturated rings. The van der Waals surface area contributed by atoms with Gasteiger partial charge in [0.25, 0.3) is 0 Å². The summed E-state index contributed by atoms with van der Waals surface area (Å²) in [4.78, 5) is 15.6. The van der Waals surface area contributed by atoms with Crippen LogP contribution in [0.2, 0.25) is 0 Å². The minimum Gasteiger partial charge on any atom is -0.465 e. The molecule has 0 saturated heterocycles. The Morgan fingerprint density at radius 2 is 2.37 bits per heavy atom. The first-order valence-electron chi connectivity index (χ1n) is 5.65. The summed E-state index contributed by atoms with van der Waals surface area (Å²) in [7, 11) is 1.32. The third kappa shape index (κ3) is 2.95. The van der Waals surface area contributed by atoms with Crippen molar-refractivity contribution in [1.29, 1.82) is 5.41 Å². The molecule has 5 nitrogen and oxygen atoms in total. The molecule has 0 saturated carbocycles. The third-order valence-electron chi connectivity index (χ3n) is 2.56. The Bertz CT molecular complexity index is 586. The van der Waals surface area contributed by atoms with Gasteiger partial charge >= 0.3 is 5.97 Å². The summed E-state index contributed by atoms with van der Waals surface area (Å²) in [6, 6.07) is 3.64. The quantitative estimate of drug-likeness (QED) is 0.811. The van der Waals surface area contributed by atoms with Crippen molar-refractivity contribution in [2.24, 2.45) is 0 Å². The van der Waals surface area contributed by atoms with E-state index in [2.05, 4.69) is 10.3 Å². The highest BCUT2D eigenvalue weighted by Crippen LogP contribution is 2.18. The third-order valence-corrected chi connectivity index (χ3v) is 2.56. The Labute approximate surface area is 110 Å². The molecule has 5 heteroatoms. The number of nitrogens with one attached hydrogen (secondary N) is 2. The standard InChI is InChI=1S/C14H13N3O2/c1-19-14(18)11-5-2-6-13(15)12(11)9-17-10-4-3-7-16-8-10/h2-9,15,17H,1H3/b12-9-,15-13?. The molecule has 0 aliphatic heterocycles. The first-order valence-corrected chi connectivity index (χ1v) is 5.65. The molecule has 0 bridgehead atoms. The predicted octanol–water partition coefficient (Wildman–Crippen LogP) is 2.07. The number of pyridine rings is 1. The van der Waals surface area contributed by atoms with E-state index in [-0.39, 0.29) is 5.71 Å². The molecule has 0 aromatic carbocycles. The molecule has 0 radical (unpaired) electrons. The van der Waals surface area contributed by atoms with E-state index in [1.54, 1.807) is 42.9 Å². The highest BCUT2D eigenvalue weighted by Gasteiger charge is 2.19. The van der Waals surface area contributed by atoms with Crippen molar-refractivity contribution in [3.05, 3.63) is 60.1 Å². The SMILES string of the molecule is COC(=O)C1=CC=CC(=N)/C1=C\Nc1cccnc1. The number of aromatic nitrogens is 1. The molecule has 0 amide bonds. The van der Waals surface area contributed by atoms with Gasteiger partial charge in [0.1, 0.15) is 0 Å². The van der Waals surface area contributed by atoms with E-state index in [0.29, 0.717) is 11.1 Å². The van der Waals surface area contributed by atoms with Gasteiger partial charge in [-0.25, -0.2) is 4.79 Å². The number of anilines is 1. The van der Waals surface area contributed by atoms with Crippen molar-refractivity contribution < 1.29 is 9.53 Å². The number of hydrogen-bond acceptors (Lipinski definition) is 5. The number of hydrogen-bond donors (Lipinski definition) is 2. The van der Waals surface area contributed by atoms with E-state index >= 15 is 0 Å². The molecule has 0 atom stereocenters. The van der Waals surface area contributed by atoms with Gasteiger partial charge in [0.05, 0.1) is 30.3 Å². The van der Waals surface area contributed by atoms with Crippen LogP contribution < -0.4 is 5.32 Å². The van der Waals surface area contributed by atoms with Gasteiger partial charge in [-0.15, -0.1) is 0 Å². The lowest BCUT2D eigenvalue weighted by Gasteiger charge is -2.13. The predicted molar refractivity (Wildman–Crippen MR) is 72.9 cm³/mol. The van der Waals surface area contributed by atoms with Crippen LogP contribution in [0.15, 0.2) is 60.1 Å². The van der Waals surface area contributed by atoms with Crippen molar-refractivity contribution in [3.63, 3.8) is 0 Å².